The minimum Gasteiger partial charge on any atom is -0.492 e. The number of hydrogen-bond acceptors (Lipinski definition) is 3. The van der Waals surface area contributed by atoms with Crippen LogP contribution in [0, 0.1) is 11.8 Å². The number of rotatable bonds is 8. The summed E-state index contributed by atoms with van der Waals surface area (Å²) >= 11 is 0. The third kappa shape index (κ3) is 5.79. The first-order chi connectivity index (χ1) is 10.3. The number of benzene rings is 1. The van der Waals surface area contributed by atoms with Crippen molar-refractivity contribution in [2.75, 3.05) is 26.2 Å². The molecule has 0 saturated heterocycles. The molecule has 0 aliphatic heterocycles. The molecule has 1 saturated carbocycles. The second-order valence-corrected chi connectivity index (χ2v) is 5.50. The molecular weight excluding hydrogens is 260 g/mol. The van der Waals surface area contributed by atoms with Gasteiger partial charge in [0.2, 0.25) is 0 Å². The van der Waals surface area contributed by atoms with Gasteiger partial charge < -0.3 is 10.5 Å². The molecule has 0 atom stereocenters. The summed E-state index contributed by atoms with van der Waals surface area (Å²) in [5.41, 5.74) is 6.34. The van der Waals surface area contributed by atoms with Crippen molar-refractivity contribution in [1.29, 1.82) is 0 Å². The summed E-state index contributed by atoms with van der Waals surface area (Å²) in [7, 11) is 0. The summed E-state index contributed by atoms with van der Waals surface area (Å²) in [6.45, 7) is 5.63. The number of nitrogens with zero attached hydrogens (tertiary/aromatic N) is 1. The van der Waals surface area contributed by atoms with Crippen LogP contribution in [0.4, 0.5) is 0 Å². The molecule has 0 bridgehead atoms. The van der Waals surface area contributed by atoms with E-state index in [0.29, 0.717) is 6.54 Å². The van der Waals surface area contributed by atoms with Gasteiger partial charge in [-0.1, -0.05) is 25.2 Å². The molecule has 3 heteroatoms. The summed E-state index contributed by atoms with van der Waals surface area (Å²) in [4.78, 5) is 2.57. The molecule has 0 unspecified atom stereocenters. The lowest BCUT2D eigenvalue weighted by Crippen LogP contribution is -2.31. The highest BCUT2D eigenvalue weighted by Crippen LogP contribution is 2.26. The fourth-order valence-electron chi connectivity index (χ4n) is 2.35. The van der Waals surface area contributed by atoms with Crippen molar-refractivity contribution in [3.8, 4) is 17.6 Å². The SMILES string of the molecule is CCCCN(CCOc1ccc(C#CCN)cc1)C1CC1. The molecule has 1 aliphatic rings. The molecule has 0 heterocycles. The average Bonchev–Trinajstić information content (AvgIpc) is 3.34. The van der Waals surface area contributed by atoms with Crippen LogP contribution in [-0.2, 0) is 0 Å². The van der Waals surface area contributed by atoms with Crippen LogP contribution >= 0.6 is 0 Å². The Morgan fingerprint density at radius 1 is 1.24 bits per heavy atom. The zero-order valence-electron chi connectivity index (χ0n) is 13.0. The third-order valence-electron chi connectivity index (χ3n) is 3.70. The Kier molecular flexibility index (Phi) is 6.59. The predicted octanol–water partition coefficient (Wildman–Crippen LogP) is 2.64. The van der Waals surface area contributed by atoms with E-state index >= 15 is 0 Å². The average molecular weight is 286 g/mol. The molecule has 1 aromatic carbocycles. The summed E-state index contributed by atoms with van der Waals surface area (Å²) in [5, 5.41) is 0. The van der Waals surface area contributed by atoms with Crippen molar-refractivity contribution < 1.29 is 4.74 Å². The quantitative estimate of drug-likeness (QED) is 0.747. The van der Waals surface area contributed by atoms with E-state index in [9.17, 15) is 0 Å². The van der Waals surface area contributed by atoms with E-state index in [1.54, 1.807) is 0 Å². The van der Waals surface area contributed by atoms with Crippen LogP contribution in [0.5, 0.6) is 5.75 Å². The highest BCUT2D eigenvalue weighted by atomic mass is 16.5. The van der Waals surface area contributed by atoms with E-state index in [1.807, 2.05) is 24.3 Å². The maximum atomic E-state index is 5.84. The van der Waals surface area contributed by atoms with Gasteiger partial charge in [-0.15, -0.1) is 0 Å². The maximum absolute atomic E-state index is 5.84. The fraction of sp³-hybridized carbons (Fsp3) is 0.556. The number of unbranched alkanes of at least 4 members (excludes halogenated alkanes) is 1. The number of nitrogens with two attached hydrogens (primary N) is 1. The zero-order valence-corrected chi connectivity index (χ0v) is 13.0. The van der Waals surface area contributed by atoms with Gasteiger partial charge >= 0.3 is 0 Å². The molecule has 0 amide bonds. The molecule has 2 rings (SSSR count). The van der Waals surface area contributed by atoms with Crippen LogP contribution in [0.3, 0.4) is 0 Å². The van der Waals surface area contributed by atoms with Gasteiger partial charge in [-0.25, -0.2) is 0 Å². The number of ether oxygens (including phenoxy) is 1. The normalized spacial score (nSPS) is 13.9. The van der Waals surface area contributed by atoms with E-state index in [-0.39, 0.29) is 0 Å². The van der Waals surface area contributed by atoms with Crippen LogP contribution in [0.1, 0.15) is 38.2 Å². The van der Waals surface area contributed by atoms with E-state index in [0.717, 1.165) is 30.5 Å². The minimum atomic E-state index is 0.396. The Morgan fingerprint density at radius 3 is 2.62 bits per heavy atom. The van der Waals surface area contributed by atoms with Crippen molar-refractivity contribution in [3.05, 3.63) is 29.8 Å². The van der Waals surface area contributed by atoms with Gasteiger partial charge in [-0.05, 0) is 50.1 Å². The highest BCUT2D eigenvalue weighted by molar-refractivity contribution is 5.38. The molecule has 1 aliphatic carbocycles. The van der Waals surface area contributed by atoms with Gasteiger partial charge in [0.25, 0.3) is 0 Å². The van der Waals surface area contributed by atoms with Crippen molar-refractivity contribution in [2.45, 2.75) is 38.6 Å². The summed E-state index contributed by atoms with van der Waals surface area (Å²) in [6, 6.07) is 8.73. The van der Waals surface area contributed by atoms with Gasteiger partial charge in [0, 0.05) is 18.2 Å². The highest BCUT2D eigenvalue weighted by Gasteiger charge is 2.27. The molecule has 1 fully saturated rings. The first kappa shape index (κ1) is 15.9. The topological polar surface area (TPSA) is 38.5 Å². The first-order valence-corrected chi connectivity index (χ1v) is 7.99. The molecular formula is C18H26N2O. The van der Waals surface area contributed by atoms with Gasteiger partial charge in [0.05, 0.1) is 6.54 Å². The smallest absolute Gasteiger partial charge is 0.119 e. The molecule has 0 spiro atoms. The Hall–Kier alpha value is -1.50. The zero-order chi connectivity index (χ0) is 14.9. The van der Waals surface area contributed by atoms with Crippen molar-refractivity contribution >= 4 is 0 Å². The van der Waals surface area contributed by atoms with E-state index in [1.165, 1.54) is 32.2 Å². The van der Waals surface area contributed by atoms with Gasteiger partial charge in [-0.3, -0.25) is 4.90 Å². The Balaban J connectivity index is 1.74. The molecule has 114 valence electrons. The van der Waals surface area contributed by atoms with Gasteiger partial charge in [0.15, 0.2) is 0 Å². The van der Waals surface area contributed by atoms with E-state index in [2.05, 4.69) is 23.7 Å². The third-order valence-corrected chi connectivity index (χ3v) is 3.70. The maximum Gasteiger partial charge on any atom is 0.119 e. The standard InChI is InChI=1S/C18H26N2O/c1-2-3-13-20(17-8-9-17)14-15-21-18-10-6-16(7-11-18)5-4-12-19/h6-7,10-11,17H,2-3,8-9,12-15,19H2,1H3. The lowest BCUT2D eigenvalue weighted by Gasteiger charge is -2.21. The molecule has 21 heavy (non-hydrogen) atoms. The van der Waals surface area contributed by atoms with Gasteiger partial charge in [0.1, 0.15) is 12.4 Å². The van der Waals surface area contributed by atoms with Crippen LogP contribution in [0.15, 0.2) is 24.3 Å². The van der Waals surface area contributed by atoms with Crippen molar-refractivity contribution in [2.24, 2.45) is 5.73 Å². The fourth-order valence-corrected chi connectivity index (χ4v) is 2.35. The second-order valence-electron chi connectivity index (χ2n) is 5.50. The van der Waals surface area contributed by atoms with Crippen LogP contribution in [0.2, 0.25) is 0 Å². The minimum absolute atomic E-state index is 0.396. The molecule has 1 aromatic rings. The largest absolute Gasteiger partial charge is 0.492 e. The Morgan fingerprint density at radius 2 is 2.00 bits per heavy atom. The van der Waals surface area contributed by atoms with E-state index < -0.39 is 0 Å². The van der Waals surface area contributed by atoms with Crippen LogP contribution in [-0.4, -0.2) is 37.2 Å². The number of hydrogen-bond donors (Lipinski definition) is 1. The lowest BCUT2D eigenvalue weighted by atomic mass is 10.2. The summed E-state index contributed by atoms with van der Waals surface area (Å²) < 4.78 is 5.84. The molecule has 2 N–H and O–H groups in total. The van der Waals surface area contributed by atoms with Crippen molar-refractivity contribution in [1.82, 2.24) is 4.90 Å². The van der Waals surface area contributed by atoms with E-state index in [4.69, 9.17) is 10.5 Å². The first-order valence-electron chi connectivity index (χ1n) is 7.99. The van der Waals surface area contributed by atoms with Crippen molar-refractivity contribution in [3.63, 3.8) is 0 Å². The lowest BCUT2D eigenvalue weighted by molar-refractivity contribution is 0.199. The van der Waals surface area contributed by atoms with Gasteiger partial charge in [-0.2, -0.15) is 0 Å². The van der Waals surface area contributed by atoms with Crippen LogP contribution < -0.4 is 10.5 Å². The summed E-state index contributed by atoms with van der Waals surface area (Å²) in [5.74, 6) is 6.78. The Labute approximate surface area is 128 Å². The van der Waals surface area contributed by atoms with Crippen LogP contribution in [0.25, 0.3) is 0 Å². The predicted molar refractivity (Wildman–Crippen MR) is 87.4 cm³/mol. The summed E-state index contributed by atoms with van der Waals surface area (Å²) in [6.07, 6.45) is 5.26. The monoisotopic (exact) mass is 286 g/mol. The Bertz CT molecular complexity index is 468. The molecule has 0 aromatic heterocycles. The molecule has 0 radical (unpaired) electrons. The molecule has 3 nitrogen and oxygen atoms in total. The second kappa shape index (κ2) is 8.71.